The van der Waals surface area contributed by atoms with Gasteiger partial charge >= 0.3 is 0 Å². The molecule has 0 spiro atoms. The van der Waals surface area contributed by atoms with Gasteiger partial charge in [-0.15, -0.1) is 0 Å². The molecule has 1 aliphatic heterocycles. The monoisotopic (exact) mass is 393 g/mol. The lowest BCUT2D eigenvalue weighted by molar-refractivity contribution is -0.134. The van der Waals surface area contributed by atoms with Crippen LogP contribution in [0, 0.1) is 0 Å². The minimum absolute atomic E-state index is 0.0233. The van der Waals surface area contributed by atoms with Gasteiger partial charge in [0.1, 0.15) is 11.3 Å². The van der Waals surface area contributed by atoms with Crippen molar-refractivity contribution in [2.75, 3.05) is 26.2 Å². The Balaban J connectivity index is 1.21. The molecule has 3 aromatic rings. The van der Waals surface area contributed by atoms with Gasteiger partial charge in [0.15, 0.2) is 18.1 Å². The topological polar surface area (TPSA) is 84.7 Å². The zero-order chi connectivity index (χ0) is 20.1. The second-order valence-electron chi connectivity index (χ2n) is 7.05. The van der Waals surface area contributed by atoms with Crippen LogP contribution in [0.1, 0.15) is 24.7 Å². The van der Waals surface area contributed by atoms with Crippen LogP contribution in [0.3, 0.4) is 0 Å². The highest BCUT2D eigenvalue weighted by molar-refractivity contribution is 5.85. The highest BCUT2D eigenvalue weighted by atomic mass is 16.5. The van der Waals surface area contributed by atoms with Gasteiger partial charge in [-0.2, -0.15) is 0 Å². The van der Waals surface area contributed by atoms with Crippen molar-refractivity contribution in [3.05, 3.63) is 60.5 Å². The summed E-state index contributed by atoms with van der Waals surface area (Å²) in [5, 5.41) is 2.62. The number of hydrogen-bond acceptors (Lipinski definition) is 5. The van der Waals surface area contributed by atoms with Gasteiger partial charge in [0, 0.05) is 19.0 Å². The summed E-state index contributed by atoms with van der Waals surface area (Å²) < 4.78 is 11.2. The Labute approximate surface area is 168 Å². The zero-order valence-electron chi connectivity index (χ0n) is 16.0. The quantitative estimate of drug-likeness (QED) is 0.696. The summed E-state index contributed by atoms with van der Waals surface area (Å²) in [7, 11) is 0. The summed E-state index contributed by atoms with van der Waals surface area (Å²) in [6.45, 7) is 1.11. The molecule has 1 fully saturated rings. The minimum Gasteiger partial charge on any atom is -0.484 e. The third kappa shape index (κ3) is 4.74. The Kier molecular flexibility index (Phi) is 5.74. The molecule has 29 heavy (non-hydrogen) atoms. The highest BCUT2D eigenvalue weighted by Crippen LogP contribution is 2.29. The molecule has 7 nitrogen and oxygen atoms in total. The number of hydrogen-bond donors (Lipinski definition) is 1. The van der Waals surface area contributed by atoms with Crippen LogP contribution in [0.15, 0.2) is 59.0 Å². The first kappa shape index (κ1) is 19.0. The van der Waals surface area contributed by atoms with Crippen LogP contribution in [0.5, 0.6) is 5.75 Å². The lowest BCUT2D eigenvalue weighted by Crippen LogP contribution is -2.44. The summed E-state index contributed by atoms with van der Waals surface area (Å²) in [5.41, 5.74) is 1.66. The molecular weight excluding hydrogens is 370 g/mol. The van der Waals surface area contributed by atoms with Crippen LogP contribution in [-0.4, -0.2) is 47.9 Å². The molecule has 0 radical (unpaired) electrons. The lowest BCUT2D eigenvalue weighted by atomic mass is 9.97. The van der Waals surface area contributed by atoms with E-state index in [0.29, 0.717) is 18.8 Å². The number of carbonyl (C=O) groups is 2. The molecule has 2 heterocycles. The number of carbonyl (C=O) groups excluding carboxylic acids is 2. The zero-order valence-corrected chi connectivity index (χ0v) is 16.0. The predicted molar refractivity (Wildman–Crippen MR) is 108 cm³/mol. The fraction of sp³-hybridized carbons (Fsp3) is 0.318. The number of aromatic nitrogens is 1. The molecule has 4 rings (SSSR count). The largest absolute Gasteiger partial charge is 0.484 e. The number of likely N-dealkylation sites (tertiary alicyclic amines) is 1. The van der Waals surface area contributed by atoms with Gasteiger partial charge in [0.25, 0.3) is 5.91 Å². The summed E-state index contributed by atoms with van der Waals surface area (Å²) >= 11 is 0. The van der Waals surface area contributed by atoms with Gasteiger partial charge in [0.2, 0.25) is 5.91 Å². The van der Waals surface area contributed by atoms with Crippen LogP contribution in [0.4, 0.5) is 0 Å². The molecule has 2 amide bonds. The average Bonchev–Trinajstić information content (AvgIpc) is 3.21. The number of nitrogens with zero attached hydrogens (tertiary/aromatic N) is 2. The van der Waals surface area contributed by atoms with Crippen molar-refractivity contribution >= 4 is 22.9 Å². The van der Waals surface area contributed by atoms with Crippen molar-refractivity contribution in [3.8, 4) is 5.75 Å². The van der Waals surface area contributed by atoms with Crippen molar-refractivity contribution in [1.29, 1.82) is 0 Å². The number of rotatable bonds is 6. The Morgan fingerprint density at radius 1 is 1.07 bits per heavy atom. The number of para-hydroxylation sites is 3. The van der Waals surface area contributed by atoms with Gasteiger partial charge in [-0.3, -0.25) is 9.59 Å². The van der Waals surface area contributed by atoms with E-state index < -0.39 is 0 Å². The Hall–Kier alpha value is -3.35. The standard InChI is InChI=1S/C22H23N3O4/c26-20(15-28-17-6-2-1-3-7-17)23-14-21(27)25-12-10-16(11-13-25)22-24-18-8-4-5-9-19(18)29-22/h1-9,16H,10-15H2,(H,23,26). The summed E-state index contributed by atoms with van der Waals surface area (Å²) in [6, 6.07) is 16.8. The van der Waals surface area contributed by atoms with Crippen LogP contribution in [-0.2, 0) is 9.59 Å². The van der Waals surface area contributed by atoms with Gasteiger partial charge in [0.05, 0.1) is 6.54 Å². The van der Waals surface area contributed by atoms with E-state index in [1.807, 2.05) is 42.5 Å². The molecule has 0 unspecified atom stereocenters. The molecular formula is C22H23N3O4. The molecule has 0 atom stereocenters. The summed E-state index contributed by atoms with van der Waals surface area (Å²) in [5.74, 6) is 1.16. The Bertz CT molecular complexity index is 945. The maximum atomic E-state index is 12.4. The van der Waals surface area contributed by atoms with Crippen LogP contribution in [0.2, 0.25) is 0 Å². The second-order valence-corrected chi connectivity index (χ2v) is 7.05. The SMILES string of the molecule is O=C(COc1ccccc1)NCC(=O)N1CCC(c2nc3ccccc3o2)CC1. The van der Waals surface area contributed by atoms with E-state index in [2.05, 4.69) is 10.3 Å². The van der Waals surface area contributed by atoms with E-state index in [4.69, 9.17) is 9.15 Å². The van der Waals surface area contributed by atoms with E-state index >= 15 is 0 Å². The van der Waals surface area contributed by atoms with E-state index in [1.165, 1.54) is 0 Å². The molecule has 0 saturated carbocycles. The molecule has 7 heteroatoms. The molecule has 0 aliphatic carbocycles. The highest BCUT2D eigenvalue weighted by Gasteiger charge is 2.27. The first-order chi connectivity index (χ1) is 14.2. The average molecular weight is 393 g/mol. The molecule has 150 valence electrons. The van der Waals surface area contributed by atoms with Gasteiger partial charge in [-0.1, -0.05) is 30.3 Å². The first-order valence-electron chi connectivity index (χ1n) is 9.77. The molecule has 1 N–H and O–H groups in total. The third-order valence-corrected chi connectivity index (χ3v) is 5.06. The van der Waals surface area contributed by atoms with E-state index in [0.717, 1.165) is 29.8 Å². The summed E-state index contributed by atoms with van der Waals surface area (Å²) in [4.78, 5) is 30.6. The number of fused-ring (bicyclic) bond motifs is 1. The van der Waals surface area contributed by atoms with Crippen LogP contribution < -0.4 is 10.1 Å². The van der Waals surface area contributed by atoms with Crippen LogP contribution >= 0.6 is 0 Å². The van der Waals surface area contributed by atoms with Crippen molar-refractivity contribution < 1.29 is 18.7 Å². The Morgan fingerprint density at radius 3 is 2.55 bits per heavy atom. The number of oxazole rings is 1. The first-order valence-corrected chi connectivity index (χ1v) is 9.77. The fourth-order valence-corrected chi connectivity index (χ4v) is 3.44. The van der Waals surface area contributed by atoms with E-state index in [1.54, 1.807) is 17.0 Å². The van der Waals surface area contributed by atoms with Gasteiger partial charge in [-0.25, -0.2) is 4.98 Å². The predicted octanol–water partition coefficient (Wildman–Crippen LogP) is 2.73. The van der Waals surface area contributed by atoms with Gasteiger partial charge in [-0.05, 0) is 37.1 Å². The number of ether oxygens (including phenoxy) is 1. The maximum Gasteiger partial charge on any atom is 0.258 e. The maximum absolute atomic E-state index is 12.4. The van der Waals surface area contributed by atoms with Crippen LogP contribution in [0.25, 0.3) is 11.1 Å². The van der Waals surface area contributed by atoms with Crippen molar-refractivity contribution in [2.24, 2.45) is 0 Å². The molecule has 1 aromatic heterocycles. The molecule has 0 bridgehead atoms. The third-order valence-electron chi connectivity index (χ3n) is 5.06. The fourth-order valence-electron chi connectivity index (χ4n) is 3.44. The van der Waals surface area contributed by atoms with E-state index in [-0.39, 0.29) is 30.9 Å². The number of nitrogens with one attached hydrogen (secondary N) is 1. The van der Waals surface area contributed by atoms with Crippen molar-refractivity contribution in [1.82, 2.24) is 15.2 Å². The van der Waals surface area contributed by atoms with Crippen molar-refractivity contribution in [3.63, 3.8) is 0 Å². The number of benzene rings is 2. The normalized spacial score (nSPS) is 14.7. The lowest BCUT2D eigenvalue weighted by Gasteiger charge is -2.30. The molecule has 2 aromatic carbocycles. The second kappa shape index (κ2) is 8.77. The smallest absolute Gasteiger partial charge is 0.258 e. The number of amides is 2. The molecule has 1 saturated heterocycles. The summed E-state index contributed by atoms with van der Waals surface area (Å²) in [6.07, 6.45) is 1.59. The minimum atomic E-state index is -0.316. The Morgan fingerprint density at radius 2 is 1.79 bits per heavy atom. The van der Waals surface area contributed by atoms with Crippen molar-refractivity contribution in [2.45, 2.75) is 18.8 Å². The number of piperidine rings is 1. The molecule has 1 aliphatic rings. The van der Waals surface area contributed by atoms with Gasteiger partial charge < -0.3 is 19.4 Å². The van der Waals surface area contributed by atoms with E-state index in [9.17, 15) is 9.59 Å².